The van der Waals surface area contributed by atoms with Gasteiger partial charge in [0.15, 0.2) is 5.78 Å². The van der Waals surface area contributed by atoms with Crippen LogP contribution in [-0.4, -0.2) is 56.4 Å². The van der Waals surface area contributed by atoms with Crippen LogP contribution in [0.2, 0.25) is 0 Å². The third-order valence-corrected chi connectivity index (χ3v) is 6.09. The standard InChI is InChI=1S/C21H30O6S/c1-4-28-15-10-13(3)27-21(26)19-14(8-12(2)9-17(19)23)6-5-7-16(22)20(25)18(24)11-15/h8-9,13,15-16,20,22-23,25H,4-7,10-11H2,1-3H3/t13-,15?,16-,20-/m0/s1. The molecule has 0 amide bonds. The number of ketones is 1. The Kier molecular flexibility index (Phi) is 8.34. The van der Waals surface area contributed by atoms with Crippen LogP contribution in [0.1, 0.15) is 61.0 Å². The maximum Gasteiger partial charge on any atom is 0.342 e. The van der Waals surface area contributed by atoms with Gasteiger partial charge < -0.3 is 20.1 Å². The number of aliphatic hydroxyl groups is 2. The first-order valence-electron chi connectivity index (χ1n) is 9.76. The maximum absolute atomic E-state index is 12.7. The molecule has 0 fully saturated rings. The monoisotopic (exact) mass is 410 g/mol. The van der Waals surface area contributed by atoms with Crippen LogP contribution in [0.4, 0.5) is 0 Å². The Morgan fingerprint density at radius 3 is 2.64 bits per heavy atom. The normalized spacial score (nSPS) is 27.6. The molecule has 1 aromatic carbocycles. The maximum atomic E-state index is 12.7. The number of carbonyl (C=O) groups excluding carboxylic acids is 2. The van der Waals surface area contributed by atoms with Crippen LogP contribution < -0.4 is 0 Å². The lowest BCUT2D eigenvalue weighted by Crippen LogP contribution is -2.36. The highest BCUT2D eigenvalue weighted by Gasteiger charge is 2.29. The third-order valence-electron chi connectivity index (χ3n) is 4.92. The van der Waals surface area contributed by atoms with Gasteiger partial charge in [0.25, 0.3) is 0 Å². The van der Waals surface area contributed by atoms with Crippen molar-refractivity contribution >= 4 is 23.5 Å². The van der Waals surface area contributed by atoms with Crippen LogP contribution in [-0.2, 0) is 16.0 Å². The minimum atomic E-state index is -1.41. The molecule has 0 saturated heterocycles. The Bertz CT molecular complexity index is 704. The van der Waals surface area contributed by atoms with E-state index in [4.69, 9.17) is 4.74 Å². The molecule has 6 nitrogen and oxygen atoms in total. The summed E-state index contributed by atoms with van der Waals surface area (Å²) in [6.07, 6.45) is -1.36. The van der Waals surface area contributed by atoms with E-state index in [0.717, 1.165) is 11.3 Å². The molecule has 0 aromatic heterocycles. The number of ether oxygens (including phenoxy) is 1. The van der Waals surface area contributed by atoms with Crippen molar-refractivity contribution in [2.24, 2.45) is 0 Å². The number of benzene rings is 1. The number of aryl methyl sites for hydroxylation is 2. The summed E-state index contributed by atoms with van der Waals surface area (Å²) in [5.74, 6) is -0.304. The summed E-state index contributed by atoms with van der Waals surface area (Å²) in [6, 6.07) is 3.34. The first kappa shape index (κ1) is 22.7. The number of aromatic hydroxyl groups is 1. The van der Waals surface area contributed by atoms with Crippen molar-refractivity contribution in [3.05, 3.63) is 28.8 Å². The van der Waals surface area contributed by atoms with E-state index in [1.54, 1.807) is 18.7 Å². The quantitative estimate of drug-likeness (QED) is 0.644. The van der Waals surface area contributed by atoms with E-state index in [-0.39, 0.29) is 35.2 Å². The van der Waals surface area contributed by atoms with Crippen LogP contribution >= 0.6 is 11.8 Å². The van der Waals surface area contributed by atoms with E-state index < -0.39 is 24.3 Å². The molecule has 1 aliphatic rings. The smallest absolute Gasteiger partial charge is 0.342 e. The average Bonchev–Trinajstić information content (AvgIpc) is 2.59. The lowest BCUT2D eigenvalue weighted by atomic mass is 9.95. The van der Waals surface area contributed by atoms with Gasteiger partial charge in [0, 0.05) is 11.7 Å². The molecule has 0 saturated carbocycles. The zero-order chi connectivity index (χ0) is 20.8. The minimum Gasteiger partial charge on any atom is -0.507 e. The number of thioether (sulfide) groups is 1. The van der Waals surface area contributed by atoms with Gasteiger partial charge in [-0.3, -0.25) is 4.79 Å². The summed E-state index contributed by atoms with van der Waals surface area (Å²) in [7, 11) is 0. The van der Waals surface area contributed by atoms with Gasteiger partial charge in [-0.15, -0.1) is 0 Å². The number of Topliss-reactive ketones (excluding diaryl/α,β-unsaturated/α-hetero) is 1. The number of esters is 1. The van der Waals surface area contributed by atoms with E-state index in [9.17, 15) is 24.9 Å². The predicted octanol–water partition coefficient (Wildman–Crippen LogP) is 2.78. The Hall–Kier alpha value is -1.57. The zero-order valence-corrected chi connectivity index (χ0v) is 17.5. The lowest BCUT2D eigenvalue weighted by Gasteiger charge is -2.24. The van der Waals surface area contributed by atoms with Gasteiger partial charge in [-0.1, -0.05) is 13.0 Å². The summed E-state index contributed by atoms with van der Waals surface area (Å²) >= 11 is 1.56. The molecule has 0 aliphatic carbocycles. The van der Waals surface area contributed by atoms with Gasteiger partial charge in [-0.05, 0) is 62.5 Å². The molecule has 7 heteroatoms. The lowest BCUT2D eigenvalue weighted by molar-refractivity contribution is -0.133. The van der Waals surface area contributed by atoms with Gasteiger partial charge in [0.1, 0.15) is 23.5 Å². The number of fused-ring (bicyclic) bond motifs is 1. The fourth-order valence-electron chi connectivity index (χ4n) is 3.60. The fourth-order valence-corrected chi connectivity index (χ4v) is 4.76. The van der Waals surface area contributed by atoms with Crippen molar-refractivity contribution in [3.8, 4) is 5.75 Å². The molecule has 3 N–H and O–H groups in total. The summed E-state index contributed by atoms with van der Waals surface area (Å²) in [6.45, 7) is 5.55. The Labute approximate surface area is 170 Å². The van der Waals surface area contributed by atoms with Gasteiger partial charge in [0.05, 0.1) is 6.10 Å². The molecule has 4 atom stereocenters. The summed E-state index contributed by atoms with van der Waals surface area (Å²) in [5, 5.41) is 30.6. The van der Waals surface area contributed by atoms with E-state index >= 15 is 0 Å². The summed E-state index contributed by atoms with van der Waals surface area (Å²) < 4.78 is 5.57. The van der Waals surface area contributed by atoms with Crippen LogP contribution in [0, 0.1) is 6.92 Å². The Morgan fingerprint density at radius 1 is 1.25 bits per heavy atom. The van der Waals surface area contributed by atoms with Gasteiger partial charge in [0.2, 0.25) is 0 Å². The number of phenolic OH excluding ortho intramolecular Hbond substituents is 1. The number of hydrogen-bond donors (Lipinski definition) is 3. The Balaban J connectivity index is 2.34. The van der Waals surface area contributed by atoms with Gasteiger partial charge in [-0.25, -0.2) is 4.79 Å². The molecule has 1 unspecified atom stereocenters. The SMILES string of the molecule is CCSC1CC(=O)[C@@H](O)[C@@H](O)CCCc2cc(C)cc(O)c2C(=O)O[C@@H](C)C1. The number of rotatable bonds is 2. The van der Waals surface area contributed by atoms with E-state index in [1.165, 1.54) is 6.07 Å². The first-order chi connectivity index (χ1) is 13.2. The summed E-state index contributed by atoms with van der Waals surface area (Å²) in [4.78, 5) is 25.1. The second-order valence-corrected chi connectivity index (χ2v) is 9.00. The molecule has 0 radical (unpaired) electrons. The molecule has 0 spiro atoms. The molecule has 1 aliphatic heterocycles. The highest BCUT2D eigenvalue weighted by Crippen LogP contribution is 2.29. The van der Waals surface area contributed by atoms with Crippen LogP contribution in [0.25, 0.3) is 0 Å². The highest BCUT2D eigenvalue weighted by atomic mass is 32.2. The van der Waals surface area contributed by atoms with Crippen molar-refractivity contribution < 1.29 is 29.6 Å². The zero-order valence-electron chi connectivity index (χ0n) is 16.7. The van der Waals surface area contributed by atoms with Crippen molar-refractivity contribution in [3.63, 3.8) is 0 Å². The molecule has 2 rings (SSSR count). The van der Waals surface area contributed by atoms with E-state index in [0.29, 0.717) is 24.8 Å². The number of hydrogen-bond acceptors (Lipinski definition) is 7. The van der Waals surface area contributed by atoms with Crippen molar-refractivity contribution in [2.45, 2.75) is 76.4 Å². The molecule has 156 valence electrons. The number of phenols is 1. The third kappa shape index (κ3) is 5.96. The van der Waals surface area contributed by atoms with E-state index in [1.807, 2.05) is 19.9 Å². The van der Waals surface area contributed by atoms with E-state index in [2.05, 4.69) is 0 Å². The minimum absolute atomic E-state index is 0.111. The molecule has 28 heavy (non-hydrogen) atoms. The highest BCUT2D eigenvalue weighted by molar-refractivity contribution is 7.99. The topological polar surface area (TPSA) is 104 Å². The molecule has 1 aromatic rings. The summed E-state index contributed by atoms with van der Waals surface area (Å²) in [5.41, 5.74) is 1.60. The Morgan fingerprint density at radius 2 is 1.96 bits per heavy atom. The van der Waals surface area contributed by atoms with Crippen LogP contribution in [0.5, 0.6) is 5.75 Å². The van der Waals surface area contributed by atoms with Crippen LogP contribution in [0.3, 0.4) is 0 Å². The van der Waals surface area contributed by atoms with Crippen LogP contribution in [0.15, 0.2) is 12.1 Å². The van der Waals surface area contributed by atoms with Gasteiger partial charge in [-0.2, -0.15) is 11.8 Å². The second kappa shape index (κ2) is 10.3. The number of aliphatic hydroxyl groups excluding tert-OH is 2. The molecular weight excluding hydrogens is 380 g/mol. The number of carbonyl (C=O) groups is 2. The van der Waals surface area contributed by atoms with Gasteiger partial charge >= 0.3 is 5.97 Å². The predicted molar refractivity (Wildman–Crippen MR) is 109 cm³/mol. The molecule has 1 heterocycles. The van der Waals surface area contributed by atoms with Crippen molar-refractivity contribution in [2.75, 3.05) is 5.75 Å². The molecule has 0 bridgehead atoms. The van der Waals surface area contributed by atoms with Crippen molar-refractivity contribution in [1.29, 1.82) is 0 Å². The number of cyclic esters (lactones) is 1. The average molecular weight is 411 g/mol. The molecular formula is C21H30O6S. The fraction of sp³-hybridized carbons (Fsp3) is 0.619. The largest absolute Gasteiger partial charge is 0.507 e. The first-order valence-corrected chi connectivity index (χ1v) is 10.8. The van der Waals surface area contributed by atoms with Crippen molar-refractivity contribution in [1.82, 2.24) is 0 Å². The second-order valence-electron chi connectivity index (χ2n) is 7.42.